The van der Waals surface area contributed by atoms with Crippen LogP contribution in [0, 0.1) is 35.5 Å². The molecule has 2 bridgehead atoms. The normalized spacial score (nSPS) is 29.6. The molecule has 9 heteroatoms. The highest BCUT2D eigenvalue weighted by Crippen LogP contribution is 2.65. The second kappa shape index (κ2) is 8.71. The number of hydrogen-bond donors (Lipinski definition) is 0. The van der Waals surface area contributed by atoms with Gasteiger partial charge in [0.2, 0.25) is 0 Å². The van der Waals surface area contributed by atoms with Gasteiger partial charge in [-0.1, -0.05) is 35.4 Å². The van der Waals surface area contributed by atoms with E-state index in [-0.39, 0.29) is 22.4 Å². The van der Waals surface area contributed by atoms with Crippen molar-refractivity contribution in [1.82, 2.24) is 10.0 Å². The van der Waals surface area contributed by atoms with Crippen LogP contribution in [0.15, 0.2) is 54.6 Å². The maximum Gasteiger partial charge on any atom is 0.275 e. The highest BCUT2D eigenvalue weighted by molar-refractivity contribution is 6.36. The number of benzene rings is 2. The van der Waals surface area contributed by atoms with Crippen molar-refractivity contribution in [2.24, 2.45) is 35.5 Å². The molecule has 3 amide bonds. The van der Waals surface area contributed by atoms with Crippen molar-refractivity contribution in [3.8, 4) is 5.75 Å². The molecule has 5 aliphatic rings. The number of Topliss-reactive ketones (excluding diaryl/α,β-unsaturated/α-hetero) is 1. The first kappa shape index (κ1) is 24.2. The van der Waals surface area contributed by atoms with Gasteiger partial charge in [-0.3, -0.25) is 19.2 Å². The van der Waals surface area contributed by atoms with Gasteiger partial charge in [0.1, 0.15) is 11.8 Å². The summed E-state index contributed by atoms with van der Waals surface area (Å²) in [5.74, 6) is -1.74. The van der Waals surface area contributed by atoms with E-state index in [2.05, 4.69) is 12.2 Å². The van der Waals surface area contributed by atoms with Crippen molar-refractivity contribution in [2.75, 3.05) is 7.11 Å². The number of ketones is 1. The number of carbonyl (C=O) groups excluding carboxylic acids is 4. The molecule has 0 aromatic heterocycles. The Hall–Kier alpha value is -3.16. The lowest BCUT2D eigenvalue weighted by molar-refractivity contribution is -0.156. The number of ether oxygens (including phenoxy) is 1. The van der Waals surface area contributed by atoms with Gasteiger partial charge >= 0.3 is 0 Å². The summed E-state index contributed by atoms with van der Waals surface area (Å²) < 4.78 is 5.17. The van der Waals surface area contributed by atoms with Crippen LogP contribution in [0.1, 0.15) is 34.1 Å². The second-order valence-corrected chi connectivity index (χ2v) is 11.0. The molecule has 0 spiro atoms. The Morgan fingerprint density at radius 3 is 2.11 bits per heavy atom. The van der Waals surface area contributed by atoms with Gasteiger partial charge in [-0.05, 0) is 79.5 Å². The molecule has 7 nitrogen and oxygen atoms in total. The zero-order chi connectivity index (χ0) is 26.2. The SMILES string of the molecule is COc1ccc(C(=O)[C@H](C)N(C(=O)c2ccc(Cl)cc2Cl)N2C(=O)[C@@H]3[C@H]4C=C[C@@H]([C@@H]5C[C@H]45)[C@@H]3C2=O)cc1. The Labute approximate surface area is 223 Å². The van der Waals surface area contributed by atoms with Crippen LogP contribution < -0.4 is 4.74 Å². The first-order valence-corrected chi connectivity index (χ1v) is 13.0. The zero-order valence-electron chi connectivity index (χ0n) is 20.1. The molecule has 0 radical (unpaired) electrons. The molecule has 0 N–H and O–H groups in total. The molecular formula is C28H24Cl2N2O5. The van der Waals surface area contributed by atoms with Crippen LogP contribution in [0.2, 0.25) is 10.0 Å². The fourth-order valence-corrected chi connectivity index (χ4v) is 6.98. The maximum atomic E-state index is 14.0. The van der Waals surface area contributed by atoms with Crippen LogP contribution in [0.4, 0.5) is 0 Å². The van der Waals surface area contributed by atoms with Crippen LogP contribution in [0.5, 0.6) is 5.75 Å². The topological polar surface area (TPSA) is 84.0 Å². The Morgan fingerprint density at radius 1 is 0.973 bits per heavy atom. The number of amides is 3. The van der Waals surface area contributed by atoms with Crippen molar-refractivity contribution in [3.05, 3.63) is 75.8 Å². The molecule has 1 aliphatic heterocycles. The summed E-state index contributed by atoms with van der Waals surface area (Å²) >= 11 is 12.4. The number of nitrogens with zero attached hydrogens (tertiary/aromatic N) is 2. The minimum Gasteiger partial charge on any atom is -0.497 e. The molecule has 1 heterocycles. The largest absolute Gasteiger partial charge is 0.497 e. The molecule has 7 rings (SSSR count). The number of hydrazine groups is 1. The molecule has 2 aromatic carbocycles. The van der Waals surface area contributed by atoms with Gasteiger partial charge in [-0.15, -0.1) is 0 Å². The quantitative estimate of drug-likeness (QED) is 0.302. The van der Waals surface area contributed by atoms with Gasteiger partial charge in [-0.25, -0.2) is 5.01 Å². The fourth-order valence-electron chi connectivity index (χ4n) is 6.49. The summed E-state index contributed by atoms with van der Waals surface area (Å²) in [5, 5.41) is 2.31. The predicted molar refractivity (Wildman–Crippen MR) is 136 cm³/mol. The minimum absolute atomic E-state index is 0.0230. The molecule has 2 saturated carbocycles. The number of methoxy groups -OCH3 is 1. The second-order valence-electron chi connectivity index (χ2n) is 10.2. The highest BCUT2D eigenvalue weighted by Gasteiger charge is 2.68. The van der Waals surface area contributed by atoms with E-state index in [1.165, 1.54) is 32.2 Å². The van der Waals surface area contributed by atoms with E-state index >= 15 is 0 Å². The average molecular weight is 539 g/mol. The summed E-state index contributed by atoms with van der Waals surface area (Å²) in [5.41, 5.74) is 0.354. The third kappa shape index (κ3) is 3.62. The molecule has 2 aromatic rings. The summed E-state index contributed by atoms with van der Waals surface area (Å²) in [7, 11) is 1.52. The van der Waals surface area contributed by atoms with Crippen LogP contribution in [0.25, 0.3) is 0 Å². The Balaban J connectivity index is 1.40. The van der Waals surface area contributed by atoms with Crippen molar-refractivity contribution in [3.63, 3.8) is 0 Å². The minimum atomic E-state index is -1.17. The fraction of sp³-hybridized carbons (Fsp3) is 0.357. The number of halogens is 2. The van der Waals surface area contributed by atoms with Crippen LogP contribution in [0.3, 0.4) is 0 Å². The number of rotatable bonds is 6. The lowest BCUT2D eigenvalue weighted by Gasteiger charge is -2.37. The van der Waals surface area contributed by atoms with Crippen molar-refractivity contribution < 1.29 is 23.9 Å². The lowest BCUT2D eigenvalue weighted by atomic mass is 9.63. The van der Waals surface area contributed by atoms with E-state index in [0.717, 1.165) is 16.4 Å². The van der Waals surface area contributed by atoms with Gasteiger partial charge in [0.15, 0.2) is 5.78 Å². The summed E-state index contributed by atoms with van der Waals surface area (Å²) in [6.45, 7) is 1.52. The molecule has 7 atom stereocenters. The van der Waals surface area contributed by atoms with E-state index in [4.69, 9.17) is 27.9 Å². The molecule has 37 heavy (non-hydrogen) atoms. The summed E-state index contributed by atoms with van der Waals surface area (Å²) in [6.07, 6.45) is 5.14. The number of hydrogen-bond acceptors (Lipinski definition) is 5. The number of imide groups is 1. The van der Waals surface area contributed by atoms with E-state index in [1.54, 1.807) is 24.3 Å². The molecule has 3 fully saturated rings. The number of allylic oxidation sites excluding steroid dienone is 2. The van der Waals surface area contributed by atoms with Gasteiger partial charge < -0.3 is 4.74 Å². The molecular weight excluding hydrogens is 515 g/mol. The number of carbonyl (C=O) groups is 4. The van der Waals surface area contributed by atoms with Crippen LogP contribution in [-0.4, -0.2) is 46.7 Å². The summed E-state index contributed by atoms with van der Waals surface area (Å²) in [4.78, 5) is 55.3. The van der Waals surface area contributed by atoms with Crippen molar-refractivity contribution >= 4 is 46.7 Å². The third-order valence-electron chi connectivity index (χ3n) is 8.35. The first-order chi connectivity index (χ1) is 17.7. The standard InChI is InChI=1S/C28H24Cl2N2O5/c1-13(25(33)14-3-6-16(37-2)7-4-14)31(26(34)19-8-5-15(29)11-22(19)30)32-27(35)23-17-9-10-18(21-12-20(17)21)24(23)28(32)36/h3-11,13,17-18,20-21,23-24H,12H2,1-2H3/t13-,17-,18-,20-,21+,23-,24+/m0/s1. The van der Waals surface area contributed by atoms with Crippen molar-refractivity contribution in [2.45, 2.75) is 19.4 Å². The van der Waals surface area contributed by atoms with Gasteiger partial charge in [0, 0.05) is 10.6 Å². The van der Waals surface area contributed by atoms with E-state index in [0.29, 0.717) is 28.2 Å². The van der Waals surface area contributed by atoms with Gasteiger partial charge in [0.25, 0.3) is 17.7 Å². The third-order valence-corrected chi connectivity index (χ3v) is 8.89. The van der Waals surface area contributed by atoms with Gasteiger partial charge in [0.05, 0.1) is 29.5 Å². The predicted octanol–water partition coefficient (Wildman–Crippen LogP) is 4.68. The van der Waals surface area contributed by atoms with Crippen molar-refractivity contribution in [1.29, 1.82) is 0 Å². The van der Waals surface area contributed by atoms with Gasteiger partial charge in [-0.2, -0.15) is 5.01 Å². The van der Waals surface area contributed by atoms with E-state index in [9.17, 15) is 19.2 Å². The molecule has 0 unspecified atom stereocenters. The molecule has 190 valence electrons. The van der Waals surface area contributed by atoms with Crippen LogP contribution in [-0.2, 0) is 9.59 Å². The Morgan fingerprint density at radius 2 is 1.57 bits per heavy atom. The summed E-state index contributed by atoms with van der Waals surface area (Å²) in [6, 6.07) is 9.62. The average Bonchev–Trinajstić information content (AvgIpc) is 3.68. The van der Waals surface area contributed by atoms with Crippen LogP contribution >= 0.6 is 23.2 Å². The Kier molecular flexibility index (Phi) is 5.69. The zero-order valence-corrected chi connectivity index (χ0v) is 21.6. The molecule has 1 saturated heterocycles. The van der Waals surface area contributed by atoms with E-state index in [1.807, 2.05) is 0 Å². The van der Waals surface area contributed by atoms with E-state index < -0.39 is 41.4 Å². The Bertz CT molecular complexity index is 1340. The smallest absolute Gasteiger partial charge is 0.275 e. The molecule has 4 aliphatic carbocycles. The first-order valence-electron chi connectivity index (χ1n) is 12.3. The highest BCUT2D eigenvalue weighted by atomic mass is 35.5. The lowest BCUT2D eigenvalue weighted by Crippen LogP contribution is -2.56. The maximum absolute atomic E-state index is 14.0. The monoisotopic (exact) mass is 538 g/mol.